The van der Waals surface area contributed by atoms with Crippen LogP contribution in [0.4, 0.5) is 16.2 Å². The smallest absolute Gasteiger partial charge is 0.319 e. The molecule has 0 aliphatic rings. The molecule has 0 fully saturated rings. The molecule has 0 aliphatic heterocycles. The Morgan fingerprint density at radius 3 is 2.88 bits per heavy atom. The zero-order valence-corrected chi connectivity index (χ0v) is 11.0. The van der Waals surface area contributed by atoms with Crippen LogP contribution in [0.25, 0.3) is 0 Å². The van der Waals surface area contributed by atoms with Crippen LogP contribution in [0.2, 0.25) is 0 Å². The average Bonchev–Trinajstić information content (AvgIpc) is 2.28. The van der Waals surface area contributed by atoms with Crippen LogP contribution in [0, 0.1) is 0 Å². The number of hydrogen-bond donors (Lipinski definition) is 3. The fourth-order valence-electron chi connectivity index (χ4n) is 1.43. The van der Waals surface area contributed by atoms with Crippen molar-refractivity contribution in [3.05, 3.63) is 24.3 Å². The number of nitrogen functional groups attached to an aromatic ring is 1. The molecule has 5 heteroatoms. The lowest BCUT2D eigenvalue weighted by Crippen LogP contribution is -2.39. The van der Waals surface area contributed by atoms with E-state index in [1.807, 2.05) is 18.4 Å². The Balaban J connectivity index is 2.49. The molecule has 17 heavy (non-hydrogen) atoms. The van der Waals surface area contributed by atoms with Crippen molar-refractivity contribution in [2.75, 3.05) is 23.1 Å². The van der Waals surface area contributed by atoms with Gasteiger partial charge in [-0.25, -0.2) is 4.79 Å². The van der Waals surface area contributed by atoms with Crippen LogP contribution in [0.5, 0.6) is 0 Å². The van der Waals surface area contributed by atoms with Gasteiger partial charge in [-0.1, -0.05) is 13.0 Å². The maximum absolute atomic E-state index is 11.7. The highest BCUT2D eigenvalue weighted by Gasteiger charge is 2.09. The Hall–Kier alpha value is -1.36. The van der Waals surface area contributed by atoms with E-state index in [0.29, 0.717) is 11.4 Å². The number of rotatable bonds is 5. The first-order valence-corrected chi connectivity index (χ1v) is 6.97. The van der Waals surface area contributed by atoms with Crippen molar-refractivity contribution in [2.24, 2.45) is 0 Å². The number of nitrogens with two attached hydrogens (primary N) is 1. The Morgan fingerprint density at radius 2 is 2.29 bits per heavy atom. The van der Waals surface area contributed by atoms with Crippen LogP contribution >= 0.6 is 11.8 Å². The predicted octanol–water partition coefficient (Wildman–Crippen LogP) is 2.53. The minimum Gasteiger partial charge on any atom is -0.399 e. The van der Waals surface area contributed by atoms with Gasteiger partial charge in [0.25, 0.3) is 0 Å². The fourth-order valence-corrected chi connectivity index (χ4v) is 2.15. The first-order chi connectivity index (χ1) is 8.15. The highest BCUT2D eigenvalue weighted by atomic mass is 32.2. The summed E-state index contributed by atoms with van der Waals surface area (Å²) in [5.74, 6) is 0.918. The van der Waals surface area contributed by atoms with Gasteiger partial charge in [0.05, 0.1) is 0 Å². The first kappa shape index (κ1) is 13.7. The van der Waals surface area contributed by atoms with Gasteiger partial charge in [0, 0.05) is 23.2 Å². The van der Waals surface area contributed by atoms with Crippen molar-refractivity contribution >= 4 is 29.2 Å². The molecule has 0 bridgehead atoms. The molecule has 0 saturated carbocycles. The lowest BCUT2D eigenvalue weighted by atomic mass is 10.2. The van der Waals surface area contributed by atoms with Crippen LogP contribution in [0.1, 0.15) is 13.3 Å². The minimum absolute atomic E-state index is 0.184. The van der Waals surface area contributed by atoms with Gasteiger partial charge < -0.3 is 16.4 Å². The molecule has 2 amide bonds. The van der Waals surface area contributed by atoms with Gasteiger partial charge in [0.1, 0.15) is 0 Å². The number of benzene rings is 1. The van der Waals surface area contributed by atoms with Crippen LogP contribution in [0.15, 0.2) is 24.3 Å². The zero-order chi connectivity index (χ0) is 12.7. The lowest BCUT2D eigenvalue weighted by molar-refractivity contribution is 0.249. The van der Waals surface area contributed by atoms with Crippen molar-refractivity contribution in [2.45, 2.75) is 19.4 Å². The van der Waals surface area contributed by atoms with E-state index in [4.69, 9.17) is 5.73 Å². The van der Waals surface area contributed by atoms with E-state index < -0.39 is 0 Å². The Labute approximate surface area is 106 Å². The molecule has 0 radical (unpaired) electrons. The highest BCUT2D eigenvalue weighted by Crippen LogP contribution is 2.11. The third-order valence-corrected chi connectivity index (χ3v) is 3.08. The van der Waals surface area contributed by atoms with Crippen molar-refractivity contribution in [1.29, 1.82) is 0 Å². The number of carbonyl (C=O) groups is 1. The zero-order valence-electron chi connectivity index (χ0n) is 10.2. The quantitative estimate of drug-likeness (QED) is 0.706. The number of amides is 2. The Kier molecular flexibility index (Phi) is 5.69. The standard InChI is InChI=1S/C12H19N3OS/c1-3-10(8-17-2)14-12(16)15-11-6-4-5-9(13)7-11/h4-7,10H,3,8,13H2,1-2H3,(H2,14,15,16). The second-order valence-electron chi connectivity index (χ2n) is 3.78. The summed E-state index contributed by atoms with van der Waals surface area (Å²) in [5, 5.41) is 5.69. The van der Waals surface area contributed by atoms with Crippen molar-refractivity contribution < 1.29 is 4.79 Å². The molecule has 0 saturated heterocycles. The molecule has 94 valence electrons. The lowest BCUT2D eigenvalue weighted by Gasteiger charge is -2.16. The SMILES string of the molecule is CCC(CSC)NC(=O)Nc1cccc(N)c1. The largest absolute Gasteiger partial charge is 0.399 e. The van der Waals surface area contributed by atoms with Gasteiger partial charge in [-0.15, -0.1) is 0 Å². The van der Waals surface area contributed by atoms with E-state index in [0.717, 1.165) is 12.2 Å². The van der Waals surface area contributed by atoms with E-state index >= 15 is 0 Å². The molecular formula is C12H19N3OS. The molecule has 1 aromatic rings. The summed E-state index contributed by atoms with van der Waals surface area (Å²) >= 11 is 1.72. The van der Waals surface area contributed by atoms with Gasteiger partial charge in [0.2, 0.25) is 0 Å². The van der Waals surface area contributed by atoms with Crippen molar-refractivity contribution in [1.82, 2.24) is 5.32 Å². The molecule has 0 spiro atoms. The molecule has 1 unspecified atom stereocenters. The monoisotopic (exact) mass is 253 g/mol. The summed E-state index contributed by atoms with van der Waals surface area (Å²) in [4.78, 5) is 11.7. The molecular weight excluding hydrogens is 234 g/mol. The maximum atomic E-state index is 11.7. The van der Waals surface area contributed by atoms with E-state index in [9.17, 15) is 4.79 Å². The number of urea groups is 1. The van der Waals surface area contributed by atoms with Crippen molar-refractivity contribution in [3.63, 3.8) is 0 Å². The van der Waals surface area contributed by atoms with Gasteiger partial charge in [-0.3, -0.25) is 0 Å². The number of carbonyl (C=O) groups excluding carboxylic acids is 1. The maximum Gasteiger partial charge on any atom is 0.319 e. The first-order valence-electron chi connectivity index (χ1n) is 5.57. The third-order valence-electron chi connectivity index (χ3n) is 2.34. The molecule has 1 atom stereocenters. The topological polar surface area (TPSA) is 67.2 Å². The number of hydrogen-bond acceptors (Lipinski definition) is 3. The van der Waals surface area contributed by atoms with E-state index in [-0.39, 0.29) is 12.1 Å². The highest BCUT2D eigenvalue weighted by molar-refractivity contribution is 7.98. The summed E-state index contributed by atoms with van der Waals surface area (Å²) < 4.78 is 0. The third kappa shape index (κ3) is 4.99. The molecule has 0 aromatic heterocycles. The molecule has 1 rings (SSSR count). The summed E-state index contributed by atoms with van der Waals surface area (Å²) in [6, 6.07) is 7.15. The van der Waals surface area contributed by atoms with Crippen LogP contribution in [0.3, 0.4) is 0 Å². The summed E-state index contributed by atoms with van der Waals surface area (Å²) in [5.41, 5.74) is 6.98. The second-order valence-corrected chi connectivity index (χ2v) is 4.70. The normalized spacial score (nSPS) is 11.9. The summed E-state index contributed by atoms with van der Waals surface area (Å²) in [7, 11) is 0. The number of anilines is 2. The van der Waals surface area contributed by atoms with E-state index in [1.165, 1.54) is 0 Å². The van der Waals surface area contributed by atoms with Gasteiger partial charge in [0.15, 0.2) is 0 Å². The molecule has 0 heterocycles. The Morgan fingerprint density at radius 1 is 1.53 bits per heavy atom. The van der Waals surface area contributed by atoms with E-state index in [2.05, 4.69) is 17.6 Å². The van der Waals surface area contributed by atoms with Crippen LogP contribution in [-0.4, -0.2) is 24.1 Å². The van der Waals surface area contributed by atoms with Crippen LogP contribution < -0.4 is 16.4 Å². The second kappa shape index (κ2) is 7.06. The molecule has 1 aromatic carbocycles. The Bertz CT molecular complexity index is 371. The van der Waals surface area contributed by atoms with Crippen LogP contribution in [-0.2, 0) is 0 Å². The van der Waals surface area contributed by atoms with Crippen molar-refractivity contribution in [3.8, 4) is 0 Å². The minimum atomic E-state index is -0.184. The van der Waals surface area contributed by atoms with Gasteiger partial charge >= 0.3 is 6.03 Å². The summed E-state index contributed by atoms with van der Waals surface area (Å²) in [6.07, 6.45) is 2.95. The summed E-state index contributed by atoms with van der Waals surface area (Å²) in [6.45, 7) is 2.06. The van der Waals surface area contributed by atoms with Gasteiger partial charge in [-0.05, 0) is 30.9 Å². The van der Waals surface area contributed by atoms with Gasteiger partial charge in [-0.2, -0.15) is 11.8 Å². The predicted molar refractivity (Wildman–Crippen MR) is 75.5 cm³/mol. The fraction of sp³-hybridized carbons (Fsp3) is 0.417. The molecule has 4 nitrogen and oxygen atoms in total. The average molecular weight is 253 g/mol. The number of thioether (sulfide) groups is 1. The molecule has 4 N–H and O–H groups in total. The number of nitrogens with one attached hydrogen (secondary N) is 2. The van der Waals surface area contributed by atoms with E-state index in [1.54, 1.807) is 23.9 Å². The molecule has 0 aliphatic carbocycles.